The lowest BCUT2D eigenvalue weighted by Crippen LogP contribution is -2.04. The average Bonchev–Trinajstić information content (AvgIpc) is 2.89. The van der Waals surface area contributed by atoms with Crippen molar-refractivity contribution in [2.75, 3.05) is 6.61 Å². The summed E-state index contributed by atoms with van der Waals surface area (Å²) < 4.78 is 5.01. The summed E-state index contributed by atoms with van der Waals surface area (Å²) in [6, 6.07) is 11.1. The Morgan fingerprint density at radius 2 is 2.24 bits per heavy atom. The van der Waals surface area contributed by atoms with Gasteiger partial charge in [0.05, 0.1) is 29.7 Å². The highest BCUT2D eigenvalue weighted by Crippen LogP contribution is 2.31. The highest BCUT2D eigenvalue weighted by molar-refractivity contribution is 5.90. The van der Waals surface area contributed by atoms with Crippen LogP contribution in [0.3, 0.4) is 0 Å². The molecule has 1 aliphatic rings. The van der Waals surface area contributed by atoms with Crippen LogP contribution < -0.4 is 0 Å². The van der Waals surface area contributed by atoms with Crippen LogP contribution in [0.5, 0.6) is 0 Å². The molecular weight excluding hydrogens is 266 g/mol. The molecule has 1 aromatic carbocycles. The fraction of sp³-hybridized carbons (Fsp3) is 0.294. The number of carbonyl (C=O) groups excluding carboxylic acids is 1. The van der Waals surface area contributed by atoms with Gasteiger partial charge in [0.2, 0.25) is 0 Å². The number of aliphatic hydroxyl groups excluding tert-OH is 1. The molecule has 1 aromatic heterocycles. The van der Waals surface area contributed by atoms with Gasteiger partial charge in [0, 0.05) is 5.56 Å². The van der Waals surface area contributed by atoms with E-state index in [4.69, 9.17) is 4.74 Å². The quantitative estimate of drug-likeness (QED) is 0.880. The topological polar surface area (TPSA) is 59.4 Å². The Hall–Kier alpha value is -2.20. The molecule has 4 nitrogen and oxygen atoms in total. The minimum atomic E-state index is -0.479. The molecule has 4 heteroatoms. The Balaban J connectivity index is 1.96. The van der Waals surface area contributed by atoms with Gasteiger partial charge in [-0.1, -0.05) is 18.2 Å². The third-order valence-electron chi connectivity index (χ3n) is 3.68. The number of nitrogens with zero attached hydrogens (tertiary/aromatic N) is 1. The largest absolute Gasteiger partial charge is 0.462 e. The van der Waals surface area contributed by atoms with E-state index >= 15 is 0 Å². The van der Waals surface area contributed by atoms with Gasteiger partial charge in [0.25, 0.3) is 0 Å². The van der Waals surface area contributed by atoms with Crippen molar-refractivity contribution in [3.8, 4) is 11.3 Å². The minimum Gasteiger partial charge on any atom is -0.462 e. The van der Waals surface area contributed by atoms with E-state index in [0.29, 0.717) is 12.2 Å². The van der Waals surface area contributed by atoms with Gasteiger partial charge in [-0.15, -0.1) is 0 Å². The molecule has 1 N–H and O–H groups in total. The van der Waals surface area contributed by atoms with Crippen molar-refractivity contribution < 1.29 is 14.6 Å². The minimum absolute atomic E-state index is 0.333. The van der Waals surface area contributed by atoms with E-state index in [-0.39, 0.29) is 5.97 Å². The molecule has 3 rings (SSSR count). The lowest BCUT2D eigenvalue weighted by Gasteiger charge is -2.08. The molecule has 0 amide bonds. The monoisotopic (exact) mass is 283 g/mol. The van der Waals surface area contributed by atoms with Gasteiger partial charge in [-0.3, -0.25) is 0 Å². The number of ether oxygens (including phenoxy) is 1. The molecule has 1 atom stereocenters. The number of aromatic nitrogens is 1. The molecule has 0 saturated carbocycles. The molecule has 0 fully saturated rings. The van der Waals surface area contributed by atoms with Gasteiger partial charge in [-0.05, 0) is 43.5 Å². The second-order valence-electron chi connectivity index (χ2n) is 5.10. The van der Waals surface area contributed by atoms with Crippen molar-refractivity contribution in [2.45, 2.75) is 25.9 Å². The maximum absolute atomic E-state index is 11.8. The van der Waals surface area contributed by atoms with Crippen molar-refractivity contribution in [1.29, 1.82) is 0 Å². The summed E-state index contributed by atoms with van der Waals surface area (Å²) in [5.74, 6) is -0.333. The summed E-state index contributed by atoms with van der Waals surface area (Å²) in [5.41, 5.74) is 3.99. The number of aliphatic hydroxyl groups is 1. The zero-order valence-corrected chi connectivity index (χ0v) is 11.9. The first-order valence-corrected chi connectivity index (χ1v) is 7.14. The Bertz CT molecular complexity index is 681. The van der Waals surface area contributed by atoms with Gasteiger partial charge < -0.3 is 9.84 Å². The molecule has 2 aromatic rings. The van der Waals surface area contributed by atoms with E-state index in [1.54, 1.807) is 19.1 Å². The lowest BCUT2D eigenvalue weighted by atomic mass is 10.1. The van der Waals surface area contributed by atoms with E-state index in [1.807, 2.05) is 24.3 Å². The van der Waals surface area contributed by atoms with Crippen molar-refractivity contribution in [3.05, 3.63) is 53.2 Å². The second kappa shape index (κ2) is 5.66. The molecule has 0 saturated heterocycles. The van der Waals surface area contributed by atoms with Crippen LogP contribution in [0.15, 0.2) is 36.4 Å². The number of aryl methyl sites for hydroxylation is 1. The van der Waals surface area contributed by atoms with Gasteiger partial charge in [0.1, 0.15) is 0 Å². The number of hydrogen-bond acceptors (Lipinski definition) is 4. The summed E-state index contributed by atoms with van der Waals surface area (Å²) in [4.78, 5) is 16.3. The molecule has 1 unspecified atom stereocenters. The zero-order valence-electron chi connectivity index (χ0n) is 11.9. The number of hydrogen-bond donors (Lipinski definition) is 1. The third-order valence-corrected chi connectivity index (χ3v) is 3.68. The summed E-state index contributed by atoms with van der Waals surface area (Å²) in [7, 11) is 0. The Labute approximate surface area is 123 Å². The molecule has 1 heterocycles. The zero-order chi connectivity index (χ0) is 14.8. The molecule has 0 spiro atoms. The number of fused-ring (bicyclic) bond motifs is 1. The summed E-state index contributed by atoms with van der Waals surface area (Å²) in [6.45, 7) is 2.14. The van der Waals surface area contributed by atoms with Crippen molar-refractivity contribution in [2.24, 2.45) is 0 Å². The fourth-order valence-electron chi connectivity index (χ4n) is 2.61. The molecule has 108 valence electrons. The number of esters is 1. The molecule has 0 aliphatic heterocycles. The predicted octanol–water partition coefficient (Wildman–Crippen LogP) is 2.90. The Morgan fingerprint density at radius 1 is 1.38 bits per heavy atom. The van der Waals surface area contributed by atoms with Gasteiger partial charge in [-0.2, -0.15) is 0 Å². The highest BCUT2D eigenvalue weighted by Gasteiger charge is 2.22. The van der Waals surface area contributed by atoms with E-state index in [9.17, 15) is 9.90 Å². The maximum Gasteiger partial charge on any atom is 0.338 e. The Morgan fingerprint density at radius 3 is 3.05 bits per heavy atom. The smallest absolute Gasteiger partial charge is 0.338 e. The van der Waals surface area contributed by atoms with Crippen LogP contribution in [0.4, 0.5) is 0 Å². The van der Waals surface area contributed by atoms with Gasteiger partial charge in [-0.25, -0.2) is 9.78 Å². The fourth-order valence-corrected chi connectivity index (χ4v) is 2.61. The first-order chi connectivity index (χ1) is 10.2. The normalized spacial score (nSPS) is 16.6. The van der Waals surface area contributed by atoms with Gasteiger partial charge in [0.15, 0.2) is 0 Å². The van der Waals surface area contributed by atoms with Crippen LogP contribution in [0, 0.1) is 0 Å². The van der Waals surface area contributed by atoms with Crippen molar-refractivity contribution in [1.82, 2.24) is 4.98 Å². The van der Waals surface area contributed by atoms with Crippen molar-refractivity contribution in [3.63, 3.8) is 0 Å². The lowest BCUT2D eigenvalue weighted by molar-refractivity contribution is 0.0526. The van der Waals surface area contributed by atoms with Crippen LogP contribution in [0.25, 0.3) is 11.3 Å². The standard InChI is InChI=1S/C17H17NO3/c1-2-21-17(20)13-5-3-4-12(10-13)14-8-6-11-7-9-15(19)16(11)18-14/h3-6,8,10,15,19H,2,7,9H2,1H3. The molecule has 1 aliphatic carbocycles. The van der Waals surface area contributed by atoms with Crippen LogP contribution in [0.1, 0.15) is 41.1 Å². The van der Waals surface area contributed by atoms with Crippen LogP contribution in [-0.4, -0.2) is 22.7 Å². The predicted molar refractivity (Wildman–Crippen MR) is 78.9 cm³/mol. The number of pyridine rings is 1. The molecule has 0 bridgehead atoms. The SMILES string of the molecule is CCOC(=O)c1cccc(-c2ccc3c(n2)C(O)CC3)c1. The number of benzene rings is 1. The summed E-state index contributed by atoms with van der Waals surface area (Å²) in [5, 5.41) is 9.93. The van der Waals surface area contributed by atoms with Crippen LogP contribution in [0.2, 0.25) is 0 Å². The molecular formula is C17H17NO3. The van der Waals surface area contributed by atoms with E-state index in [1.165, 1.54) is 0 Å². The first kappa shape index (κ1) is 13.8. The van der Waals surface area contributed by atoms with E-state index in [0.717, 1.165) is 35.4 Å². The second-order valence-corrected chi connectivity index (χ2v) is 5.10. The van der Waals surface area contributed by atoms with Crippen molar-refractivity contribution >= 4 is 5.97 Å². The number of rotatable bonds is 3. The molecule has 21 heavy (non-hydrogen) atoms. The van der Waals surface area contributed by atoms with Gasteiger partial charge >= 0.3 is 5.97 Å². The maximum atomic E-state index is 11.8. The molecule has 0 radical (unpaired) electrons. The first-order valence-electron chi connectivity index (χ1n) is 7.14. The summed E-state index contributed by atoms with van der Waals surface area (Å²) in [6.07, 6.45) is 1.12. The third kappa shape index (κ3) is 2.67. The average molecular weight is 283 g/mol. The number of carbonyl (C=O) groups is 1. The highest BCUT2D eigenvalue weighted by atomic mass is 16.5. The van der Waals surface area contributed by atoms with Crippen LogP contribution >= 0.6 is 0 Å². The Kier molecular flexibility index (Phi) is 3.71. The summed E-state index contributed by atoms with van der Waals surface area (Å²) >= 11 is 0. The van der Waals surface area contributed by atoms with Crippen LogP contribution in [-0.2, 0) is 11.2 Å². The van der Waals surface area contributed by atoms with E-state index in [2.05, 4.69) is 4.98 Å². The van der Waals surface area contributed by atoms with E-state index < -0.39 is 6.10 Å².